The Hall–Kier alpha value is -3.43. The van der Waals surface area contributed by atoms with E-state index in [1.54, 1.807) is 4.90 Å². The van der Waals surface area contributed by atoms with Crippen LogP contribution in [0.3, 0.4) is 0 Å². The van der Waals surface area contributed by atoms with Crippen LogP contribution >= 0.6 is 11.3 Å². The standard InChI is InChI=1S/C22H27F3N8O3S/c1-32-2-4-33(5-3-32)19(34)11-27-8-13-6-16(18(7-15(13)26)36-22(23,24)25)30-20(35)17-12-37-21(31-17)29-14-9-28-10-14/h6-8,12,14,28H,2-5,9-11,26H2,1H3,(H,29,31)(H,30,35). The first-order chi connectivity index (χ1) is 17.6. The first-order valence-corrected chi connectivity index (χ1v) is 12.3. The molecule has 0 spiro atoms. The van der Waals surface area contributed by atoms with Crippen molar-refractivity contribution in [1.29, 1.82) is 0 Å². The molecule has 2 saturated heterocycles. The third-order valence-electron chi connectivity index (χ3n) is 5.82. The number of aromatic nitrogens is 1. The van der Waals surface area contributed by atoms with Crippen molar-refractivity contribution in [3.8, 4) is 5.75 Å². The van der Waals surface area contributed by atoms with Gasteiger partial charge >= 0.3 is 6.36 Å². The number of likely N-dealkylation sites (N-methyl/N-ethyl adjacent to an activating group) is 1. The van der Waals surface area contributed by atoms with E-state index >= 15 is 0 Å². The van der Waals surface area contributed by atoms with Gasteiger partial charge in [-0.1, -0.05) is 0 Å². The number of amides is 2. The monoisotopic (exact) mass is 540 g/mol. The number of hydrogen-bond donors (Lipinski definition) is 4. The fourth-order valence-electron chi connectivity index (χ4n) is 3.60. The second-order valence-corrected chi connectivity index (χ2v) is 9.53. The predicted molar refractivity (Wildman–Crippen MR) is 134 cm³/mol. The summed E-state index contributed by atoms with van der Waals surface area (Å²) in [4.78, 5) is 37.3. The van der Waals surface area contributed by atoms with E-state index < -0.39 is 18.0 Å². The Bertz CT molecular complexity index is 1160. The maximum Gasteiger partial charge on any atom is 0.573 e. The van der Waals surface area contributed by atoms with E-state index in [0.29, 0.717) is 18.2 Å². The molecule has 0 bridgehead atoms. The van der Waals surface area contributed by atoms with Crippen molar-refractivity contribution in [2.75, 3.05) is 69.2 Å². The molecule has 2 aliphatic rings. The first kappa shape index (κ1) is 26.6. The number of nitrogens with zero attached hydrogens (tertiary/aromatic N) is 4. The summed E-state index contributed by atoms with van der Waals surface area (Å²) in [6, 6.07) is 2.37. The molecule has 3 heterocycles. The van der Waals surface area contributed by atoms with Crippen LogP contribution in [0.25, 0.3) is 0 Å². The van der Waals surface area contributed by atoms with Crippen molar-refractivity contribution >= 4 is 45.9 Å². The molecule has 2 fully saturated rings. The van der Waals surface area contributed by atoms with Gasteiger partial charge in [0.1, 0.15) is 12.2 Å². The van der Waals surface area contributed by atoms with Crippen LogP contribution in [0.4, 0.5) is 29.7 Å². The molecule has 0 unspecified atom stereocenters. The van der Waals surface area contributed by atoms with Crippen molar-refractivity contribution < 1.29 is 27.5 Å². The summed E-state index contributed by atoms with van der Waals surface area (Å²) in [6.45, 7) is 4.12. The van der Waals surface area contributed by atoms with Gasteiger partial charge in [0.05, 0.1) is 11.7 Å². The highest BCUT2D eigenvalue weighted by atomic mass is 32.1. The highest BCUT2D eigenvalue weighted by molar-refractivity contribution is 7.13. The fourth-order valence-corrected chi connectivity index (χ4v) is 4.37. The molecule has 37 heavy (non-hydrogen) atoms. The molecule has 0 saturated carbocycles. The maximum atomic E-state index is 13.0. The van der Waals surface area contributed by atoms with Crippen molar-refractivity contribution in [3.63, 3.8) is 0 Å². The van der Waals surface area contributed by atoms with Crippen LogP contribution in [0, 0.1) is 0 Å². The molecular formula is C22H27F3N8O3S. The molecule has 0 radical (unpaired) electrons. The molecule has 5 N–H and O–H groups in total. The van der Waals surface area contributed by atoms with Crippen molar-refractivity contribution in [2.24, 2.45) is 4.99 Å². The van der Waals surface area contributed by atoms with Gasteiger partial charge in [0, 0.05) is 68.2 Å². The predicted octanol–water partition coefficient (Wildman–Crippen LogP) is 1.45. The normalized spacial score (nSPS) is 17.0. The van der Waals surface area contributed by atoms with Crippen molar-refractivity contribution in [3.05, 3.63) is 28.8 Å². The third kappa shape index (κ3) is 7.30. The Morgan fingerprint density at radius 3 is 2.68 bits per heavy atom. The Morgan fingerprint density at radius 1 is 1.30 bits per heavy atom. The minimum atomic E-state index is -5.01. The molecule has 1 aromatic carbocycles. The number of nitrogens with two attached hydrogens (primary N) is 1. The van der Waals surface area contributed by atoms with Gasteiger partial charge in [-0.3, -0.25) is 14.6 Å². The van der Waals surface area contributed by atoms with Gasteiger partial charge in [-0.2, -0.15) is 0 Å². The third-order valence-corrected chi connectivity index (χ3v) is 6.59. The molecule has 2 amide bonds. The van der Waals surface area contributed by atoms with Crippen LogP contribution in [0.2, 0.25) is 0 Å². The number of hydrogen-bond acceptors (Lipinski definition) is 10. The molecule has 1 aromatic heterocycles. The second kappa shape index (κ2) is 11.3. The van der Waals surface area contributed by atoms with Crippen molar-refractivity contribution in [1.82, 2.24) is 20.1 Å². The van der Waals surface area contributed by atoms with Gasteiger partial charge in [0.15, 0.2) is 10.9 Å². The van der Waals surface area contributed by atoms with Gasteiger partial charge in [0.2, 0.25) is 5.91 Å². The van der Waals surface area contributed by atoms with Gasteiger partial charge in [0.25, 0.3) is 5.91 Å². The number of anilines is 3. The zero-order valence-corrected chi connectivity index (χ0v) is 20.8. The number of carbonyl (C=O) groups is 2. The summed E-state index contributed by atoms with van der Waals surface area (Å²) >= 11 is 1.21. The number of thiazole rings is 1. The zero-order valence-electron chi connectivity index (χ0n) is 20.0. The highest BCUT2D eigenvalue weighted by Gasteiger charge is 2.33. The summed E-state index contributed by atoms with van der Waals surface area (Å²) in [7, 11) is 1.97. The number of piperazine rings is 1. The number of aliphatic imine (C=N–C) groups is 1. The van der Waals surface area contributed by atoms with E-state index in [0.717, 1.165) is 32.2 Å². The average molecular weight is 541 g/mol. The molecule has 11 nitrogen and oxygen atoms in total. The summed E-state index contributed by atoms with van der Waals surface area (Å²) < 4.78 is 43.1. The SMILES string of the molecule is CN1CCN(C(=O)CN=Cc2cc(NC(=O)c3csc(NC4CNC4)n3)c(OC(F)(F)F)cc2N)CC1. The Balaban J connectivity index is 1.48. The van der Waals surface area contributed by atoms with E-state index in [9.17, 15) is 22.8 Å². The van der Waals surface area contributed by atoms with Crippen LogP contribution in [0.1, 0.15) is 16.1 Å². The quantitative estimate of drug-likeness (QED) is 0.292. The van der Waals surface area contributed by atoms with Crippen molar-refractivity contribution in [2.45, 2.75) is 12.4 Å². The van der Waals surface area contributed by atoms with E-state index in [-0.39, 0.29) is 41.1 Å². The largest absolute Gasteiger partial charge is 0.573 e. The van der Waals surface area contributed by atoms with Gasteiger partial charge in [-0.25, -0.2) is 4.98 Å². The lowest BCUT2D eigenvalue weighted by molar-refractivity contribution is -0.274. The van der Waals surface area contributed by atoms with Gasteiger partial charge in [-0.15, -0.1) is 24.5 Å². The Labute approximate surface area is 214 Å². The minimum Gasteiger partial charge on any atom is -0.403 e. The zero-order chi connectivity index (χ0) is 26.6. The number of halogens is 3. The van der Waals surface area contributed by atoms with Gasteiger partial charge in [-0.05, 0) is 13.1 Å². The number of rotatable bonds is 8. The van der Waals surface area contributed by atoms with Crippen LogP contribution in [0.15, 0.2) is 22.5 Å². The molecule has 15 heteroatoms. The summed E-state index contributed by atoms with van der Waals surface area (Å²) in [5.74, 6) is -1.57. The topological polar surface area (TPSA) is 137 Å². The van der Waals surface area contributed by atoms with E-state index in [1.165, 1.54) is 29.0 Å². The van der Waals surface area contributed by atoms with E-state index in [4.69, 9.17) is 5.73 Å². The highest BCUT2D eigenvalue weighted by Crippen LogP contribution is 2.34. The molecule has 200 valence electrons. The lowest BCUT2D eigenvalue weighted by Gasteiger charge is -2.32. The average Bonchev–Trinajstić information content (AvgIpc) is 3.27. The second-order valence-electron chi connectivity index (χ2n) is 8.67. The van der Waals surface area contributed by atoms with Crippen LogP contribution in [-0.2, 0) is 4.79 Å². The maximum absolute atomic E-state index is 13.0. The van der Waals surface area contributed by atoms with Gasteiger partial charge < -0.3 is 36.2 Å². The van der Waals surface area contributed by atoms with Crippen LogP contribution < -0.4 is 26.4 Å². The number of alkyl halides is 3. The number of benzene rings is 1. The number of nitrogen functional groups attached to an aromatic ring is 1. The molecule has 0 atom stereocenters. The number of carbonyl (C=O) groups excluding carboxylic acids is 2. The minimum absolute atomic E-state index is 0.0301. The molecule has 0 aliphatic carbocycles. The summed E-state index contributed by atoms with van der Waals surface area (Å²) in [5, 5.41) is 10.7. The summed E-state index contributed by atoms with van der Waals surface area (Å²) in [5.41, 5.74) is 5.83. The molecule has 2 aromatic rings. The van der Waals surface area contributed by atoms with Crippen LogP contribution in [-0.4, -0.2) is 98.1 Å². The lowest BCUT2D eigenvalue weighted by atomic mass is 10.1. The summed E-state index contributed by atoms with van der Waals surface area (Å²) in [6.07, 6.45) is -3.72. The lowest BCUT2D eigenvalue weighted by Crippen LogP contribution is -2.51. The molecule has 2 aliphatic heterocycles. The van der Waals surface area contributed by atoms with Crippen LogP contribution in [0.5, 0.6) is 5.75 Å². The molecule has 4 rings (SSSR count). The number of ether oxygens (including phenoxy) is 1. The fraction of sp³-hybridized carbons (Fsp3) is 0.455. The smallest absolute Gasteiger partial charge is 0.403 e. The van der Waals surface area contributed by atoms with E-state index in [1.807, 2.05) is 7.05 Å². The Kier molecular flexibility index (Phi) is 8.14. The first-order valence-electron chi connectivity index (χ1n) is 11.5. The molecular weight excluding hydrogens is 513 g/mol. The van der Waals surface area contributed by atoms with E-state index in [2.05, 4.69) is 35.6 Å². The number of nitrogens with one attached hydrogen (secondary N) is 3. The Morgan fingerprint density at radius 2 is 2.03 bits per heavy atom.